The highest BCUT2D eigenvalue weighted by atomic mass is 16.3. The van der Waals surface area contributed by atoms with Gasteiger partial charge in [-0.25, -0.2) is 4.98 Å². The van der Waals surface area contributed by atoms with E-state index in [4.69, 9.17) is 0 Å². The van der Waals surface area contributed by atoms with Crippen LogP contribution in [0.4, 0.5) is 0 Å². The Hall–Kier alpha value is -1.61. The van der Waals surface area contributed by atoms with E-state index >= 15 is 0 Å². The van der Waals surface area contributed by atoms with Crippen LogP contribution < -0.4 is 0 Å². The van der Waals surface area contributed by atoms with E-state index in [0.29, 0.717) is 5.92 Å². The maximum absolute atomic E-state index is 10.7. The number of nitrogens with zero attached hydrogens (tertiary/aromatic N) is 2. The number of imidazole rings is 1. The molecule has 0 bridgehead atoms. The van der Waals surface area contributed by atoms with Crippen molar-refractivity contribution < 1.29 is 5.11 Å². The van der Waals surface area contributed by atoms with Crippen LogP contribution in [0.1, 0.15) is 37.3 Å². The van der Waals surface area contributed by atoms with Gasteiger partial charge in [-0.1, -0.05) is 30.7 Å². The Labute approximate surface area is 118 Å². The lowest BCUT2D eigenvalue weighted by atomic mass is 9.48. The molecule has 102 valence electrons. The maximum Gasteiger partial charge on any atom is 0.0956 e. The number of aliphatic hydroxyl groups excluding tert-OH is 1. The lowest BCUT2D eigenvalue weighted by molar-refractivity contribution is -0.173. The third kappa shape index (κ3) is 1.14. The van der Waals surface area contributed by atoms with Gasteiger partial charge in [0.05, 0.1) is 30.4 Å². The number of aliphatic hydroxyl groups is 1. The molecule has 3 aliphatic rings. The zero-order valence-corrected chi connectivity index (χ0v) is 11.4. The molecule has 2 fully saturated rings. The third-order valence-corrected chi connectivity index (χ3v) is 5.95. The Morgan fingerprint density at radius 1 is 1.25 bits per heavy atom. The number of aromatic nitrogens is 2. The number of hydrogen-bond donors (Lipinski definition) is 1. The SMILES string of the molecule is O[C@H]1[C@H](C2c3ccccc3-c3cncn32)CC12CCC2. The van der Waals surface area contributed by atoms with Gasteiger partial charge in [-0.2, -0.15) is 0 Å². The van der Waals surface area contributed by atoms with Gasteiger partial charge in [-0.15, -0.1) is 0 Å². The lowest BCUT2D eigenvalue weighted by Crippen LogP contribution is -2.58. The van der Waals surface area contributed by atoms with Crippen LogP contribution in [0, 0.1) is 11.3 Å². The summed E-state index contributed by atoms with van der Waals surface area (Å²) in [5.74, 6) is 0.354. The summed E-state index contributed by atoms with van der Waals surface area (Å²) in [6.45, 7) is 0. The van der Waals surface area contributed by atoms with Crippen molar-refractivity contribution in [2.75, 3.05) is 0 Å². The van der Waals surface area contributed by atoms with Gasteiger partial charge >= 0.3 is 0 Å². The fourth-order valence-corrected chi connectivity index (χ4v) is 4.72. The molecule has 1 aromatic heterocycles. The van der Waals surface area contributed by atoms with Gasteiger partial charge < -0.3 is 9.67 Å². The molecule has 1 aliphatic heterocycles. The molecule has 2 aromatic rings. The van der Waals surface area contributed by atoms with Crippen LogP contribution in [0.2, 0.25) is 0 Å². The molecular weight excluding hydrogens is 248 g/mol. The Bertz CT molecular complexity index is 686. The molecule has 2 saturated carbocycles. The summed E-state index contributed by atoms with van der Waals surface area (Å²) in [7, 11) is 0. The van der Waals surface area contributed by atoms with E-state index in [1.54, 1.807) is 0 Å². The van der Waals surface area contributed by atoms with Gasteiger partial charge in [0.1, 0.15) is 0 Å². The molecule has 3 atom stereocenters. The van der Waals surface area contributed by atoms with Crippen LogP contribution in [0.25, 0.3) is 11.3 Å². The van der Waals surface area contributed by atoms with E-state index in [2.05, 4.69) is 33.8 Å². The van der Waals surface area contributed by atoms with Crippen LogP contribution >= 0.6 is 0 Å². The molecular formula is C17H18N2O. The van der Waals surface area contributed by atoms with Crippen LogP contribution in [-0.4, -0.2) is 20.8 Å². The monoisotopic (exact) mass is 266 g/mol. The summed E-state index contributed by atoms with van der Waals surface area (Å²) >= 11 is 0. The maximum atomic E-state index is 10.7. The van der Waals surface area contributed by atoms with Gasteiger partial charge in [0.25, 0.3) is 0 Å². The largest absolute Gasteiger partial charge is 0.392 e. The summed E-state index contributed by atoms with van der Waals surface area (Å²) in [5, 5.41) is 10.7. The average Bonchev–Trinajstić information content (AvgIpc) is 2.98. The van der Waals surface area contributed by atoms with Gasteiger partial charge in [-0.05, 0) is 30.2 Å². The second-order valence-electron chi connectivity index (χ2n) is 6.75. The van der Waals surface area contributed by atoms with E-state index in [0.717, 1.165) is 0 Å². The first-order valence-corrected chi connectivity index (χ1v) is 7.59. The first-order chi connectivity index (χ1) is 9.80. The zero-order valence-electron chi connectivity index (χ0n) is 11.4. The summed E-state index contributed by atoms with van der Waals surface area (Å²) in [6, 6.07) is 8.86. The minimum atomic E-state index is -0.136. The first kappa shape index (κ1) is 11.1. The molecule has 0 saturated heterocycles. The topological polar surface area (TPSA) is 38.1 Å². The normalized spacial score (nSPS) is 32.4. The highest BCUT2D eigenvalue weighted by molar-refractivity contribution is 5.69. The average molecular weight is 266 g/mol. The highest BCUT2D eigenvalue weighted by Crippen LogP contribution is 2.63. The van der Waals surface area contributed by atoms with Crippen molar-refractivity contribution in [1.82, 2.24) is 9.55 Å². The standard InChI is InChI=1S/C17H18N2O/c20-16-13(8-17(16)6-3-7-17)15-12-5-2-1-4-11(12)14-9-18-10-19(14)15/h1-2,4-5,9-10,13,15-16,20H,3,6-8H2/t13-,15?,16-/m0/s1. The minimum absolute atomic E-state index is 0.136. The van der Waals surface area contributed by atoms with Crippen molar-refractivity contribution in [2.24, 2.45) is 11.3 Å². The molecule has 1 N–H and O–H groups in total. The number of rotatable bonds is 1. The quantitative estimate of drug-likeness (QED) is 0.861. The van der Waals surface area contributed by atoms with Crippen molar-refractivity contribution in [1.29, 1.82) is 0 Å². The zero-order chi connectivity index (χ0) is 13.3. The summed E-state index contributed by atoms with van der Waals surface area (Å²) in [4.78, 5) is 4.31. The van der Waals surface area contributed by atoms with Crippen molar-refractivity contribution in [2.45, 2.75) is 37.8 Å². The Morgan fingerprint density at radius 2 is 2.10 bits per heavy atom. The Morgan fingerprint density at radius 3 is 2.85 bits per heavy atom. The van der Waals surface area contributed by atoms with E-state index in [1.807, 2.05) is 12.5 Å². The molecule has 5 rings (SSSR count). The summed E-state index contributed by atoms with van der Waals surface area (Å²) < 4.78 is 2.27. The highest BCUT2D eigenvalue weighted by Gasteiger charge is 2.59. The molecule has 3 nitrogen and oxygen atoms in total. The molecule has 1 aromatic carbocycles. The summed E-state index contributed by atoms with van der Waals surface area (Å²) in [5.41, 5.74) is 4.12. The van der Waals surface area contributed by atoms with Crippen molar-refractivity contribution in [3.63, 3.8) is 0 Å². The van der Waals surface area contributed by atoms with Crippen LogP contribution in [0.15, 0.2) is 36.8 Å². The molecule has 2 aliphatic carbocycles. The number of fused-ring (bicyclic) bond motifs is 3. The van der Waals surface area contributed by atoms with Gasteiger partial charge in [0.15, 0.2) is 0 Å². The molecule has 20 heavy (non-hydrogen) atoms. The van der Waals surface area contributed by atoms with Crippen LogP contribution in [0.5, 0.6) is 0 Å². The first-order valence-electron chi connectivity index (χ1n) is 7.59. The van der Waals surface area contributed by atoms with Crippen LogP contribution in [0.3, 0.4) is 0 Å². The van der Waals surface area contributed by atoms with Crippen LogP contribution in [-0.2, 0) is 0 Å². The van der Waals surface area contributed by atoms with Crippen molar-refractivity contribution in [3.05, 3.63) is 42.4 Å². The van der Waals surface area contributed by atoms with E-state index in [1.165, 1.54) is 42.5 Å². The van der Waals surface area contributed by atoms with E-state index in [9.17, 15) is 5.11 Å². The van der Waals surface area contributed by atoms with Gasteiger partial charge in [0.2, 0.25) is 0 Å². The molecule has 3 heteroatoms. The van der Waals surface area contributed by atoms with E-state index < -0.39 is 0 Å². The second-order valence-corrected chi connectivity index (χ2v) is 6.75. The molecule has 1 spiro atoms. The molecule has 0 amide bonds. The molecule has 2 heterocycles. The van der Waals surface area contributed by atoms with E-state index in [-0.39, 0.29) is 17.6 Å². The smallest absolute Gasteiger partial charge is 0.0956 e. The fraction of sp³-hybridized carbons (Fsp3) is 0.471. The lowest BCUT2D eigenvalue weighted by Gasteiger charge is -2.60. The minimum Gasteiger partial charge on any atom is -0.392 e. The third-order valence-electron chi connectivity index (χ3n) is 5.95. The summed E-state index contributed by atoms with van der Waals surface area (Å²) in [6.07, 6.45) is 8.64. The van der Waals surface area contributed by atoms with Gasteiger partial charge in [-0.3, -0.25) is 0 Å². The van der Waals surface area contributed by atoms with Crippen molar-refractivity contribution in [3.8, 4) is 11.3 Å². The second kappa shape index (κ2) is 3.53. The number of hydrogen-bond acceptors (Lipinski definition) is 2. The van der Waals surface area contributed by atoms with Gasteiger partial charge in [0, 0.05) is 11.5 Å². The predicted octanol–water partition coefficient (Wildman–Crippen LogP) is 3.00. The Kier molecular flexibility index (Phi) is 1.96. The number of benzene rings is 1. The molecule has 1 unspecified atom stereocenters. The predicted molar refractivity (Wildman–Crippen MR) is 76.2 cm³/mol. The van der Waals surface area contributed by atoms with Crippen molar-refractivity contribution >= 4 is 0 Å². The fourth-order valence-electron chi connectivity index (χ4n) is 4.72. The molecule has 0 radical (unpaired) electrons. The Balaban J connectivity index is 1.59.